The van der Waals surface area contributed by atoms with Crippen molar-refractivity contribution in [1.29, 1.82) is 0 Å². The zero-order valence-corrected chi connectivity index (χ0v) is 13.2. The van der Waals surface area contributed by atoms with Gasteiger partial charge in [0.25, 0.3) is 5.91 Å². The molecule has 0 fully saturated rings. The van der Waals surface area contributed by atoms with Crippen molar-refractivity contribution in [3.8, 4) is 5.75 Å². The summed E-state index contributed by atoms with van der Waals surface area (Å²) in [5.41, 5.74) is 4.52. The summed E-state index contributed by atoms with van der Waals surface area (Å²) in [6, 6.07) is 11.5. The number of aromatic nitrogens is 1. The zero-order valence-electron chi connectivity index (χ0n) is 13.2. The summed E-state index contributed by atoms with van der Waals surface area (Å²) < 4.78 is 5.43. The van der Waals surface area contributed by atoms with Crippen LogP contribution in [-0.4, -0.2) is 23.7 Å². The molecule has 2 rings (SSSR count). The minimum atomic E-state index is -0.305. The SMILES string of the molecule is CCCCc1ccc(OCC(=O)NN=Cc2cccnc2)cc1. The predicted octanol–water partition coefficient (Wildman–Crippen LogP) is 2.95. The molecular weight excluding hydrogens is 290 g/mol. The smallest absolute Gasteiger partial charge is 0.277 e. The summed E-state index contributed by atoms with van der Waals surface area (Å²) >= 11 is 0. The molecule has 0 saturated heterocycles. The van der Waals surface area contributed by atoms with Crippen LogP contribution in [0.5, 0.6) is 5.75 Å². The first kappa shape index (κ1) is 16.7. The first-order valence-corrected chi connectivity index (χ1v) is 7.71. The van der Waals surface area contributed by atoms with Crippen molar-refractivity contribution in [3.05, 3.63) is 59.9 Å². The van der Waals surface area contributed by atoms with E-state index in [1.165, 1.54) is 24.6 Å². The van der Waals surface area contributed by atoms with E-state index in [1.54, 1.807) is 18.5 Å². The fourth-order valence-corrected chi connectivity index (χ4v) is 1.95. The number of rotatable bonds is 8. The van der Waals surface area contributed by atoms with Crippen LogP contribution in [0.4, 0.5) is 0 Å². The van der Waals surface area contributed by atoms with Crippen LogP contribution < -0.4 is 10.2 Å². The standard InChI is InChI=1S/C18H21N3O2/c1-2-3-5-15-7-9-17(10-8-15)23-14-18(22)21-20-13-16-6-4-11-19-12-16/h4,6-13H,2-3,5,14H2,1H3,(H,21,22). The molecule has 0 saturated carbocycles. The van der Waals surface area contributed by atoms with Gasteiger partial charge in [0.2, 0.25) is 0 Å². The van der Waals surface area contributed by atoms with Crippen LogP contribution in [0.2, 0.25) is 0 Å². The molecule has 0 unspecified atom stereocenters. The Morgan fingerprint density at radius 3 is 2.83 bits per heavy atom. The predicted molar refractivity (Wildman–Crippen MR) is 90.5 cm³/mol. The average Bonchev–Trinajstić information content (AvgIpc) is 2.60. The van der Waals surface area contributed by atoms with Gasteiger partial charge in [0, 0.05) is 18.0 Å². The van der Waals surface area contributed by atoms with Gasteiger partial charge in [-0.05, 0) is 36.6 Å². The van der Waals surface area contributed by atoms with Gasteiger partial charge in [0.05, 0.1) is 6.21 Å². The molecular formula is C18H21N3O2. The van der Waals surface area contributed by atoms with Gasteiger partial charge in [0.15, 0.2) is 6.61 Å². The minimum absolute atomic E-state index is 0.0707. The number of nitrogens with one attached hydrogen (secondary N) is 1. The topological polar surface area (TPSA) is 63.6 Å². The maximum absolute atomic E-state index is 11.6. The lowest BCUT2D eigenvalue weighted by Gasteiger charge is -2.06. The van der Waals surface area contributed by atoms with Gasteiger partial charge in [-0.15, -0.1) is 0 Å². The van der Waals surface area contributed by atoms with Gasteiger partial charge in [-0.25, -0.2) is 5.43 Å². The van der Waals surface area contributed by atoms with E-state index >= 15 is 0 Å². The van der Waals surface area contributed by atoms with Gasteiger partial charge in [-0.3, -0.25) is 9.78 Å². The number of carbonyl (C=O) groups is 1. The fraction of sp³-hybridized carbons (Fsp3) is 0.278. The van der Waals surface area contributed by atoms with Crippen molar-refractivity contribution in [1.82, 2.24) is 10.4 Å². The second-order valence-electron chi connectivity index (χ2n) is 5.12. The molecule has 0 aliphatic heterocycles. The lowest BCUT2D eigenvalue weighted by molar-refractivity contribution is -0.123. The molecule has 0 atom stereocenters. The highest BCUT2D eigenvalue weighted by Crippen LogP contribution is 2.13. The van der Waals surface area contributed by atoms with Crippen LogP contribution in [0.3, 0.4) is 0 Å². The molecule has 5 heteroatoms. The maximum Gasteiger partial charge on any atom is 0.277 e. The van der Waals surface area contributed by atoms with Crippen LogP contribution in [0.1, 0.15) is 30.9 Å². The van der Waals surface area contributed by atoms with Crippen molar-refractivity contribution in [2.24, 2.45) is 5.10 Å². The molecule has 0 aliphatic carbocycles. The second-order valence-corrected chi connectivity index (χ2v) is 5.12. The summed E-state index contributed by atoms with van der Waals surface area (Å²) in [7, 11) is 0. The second kappa shape index (κ2) is 9.35. The number of ether oxygens (including phenoxy) is 1. The van der Waals surface area contributed by atoms with E-state index < -0.39 is 0 Å². The molecule has 0 radical (unpaired) electrons. The third kappa shape index (κ3) is 6.30. The number of benzene rings is 1. The first-order valence-electron chi connectivity index (χ1n) is 7.71. The van der Waals surface area contributed by atoms with Crippen LogP contribution in [0, 0.1) is 0 Å². The van der Waals surface area contributed by atoms with Crippen molar-refractivity contribution in [2.75, 3.05) is 6.61 Å². The summed E-state index contributed by atoms with van der Waals surface area (Å²) in [6.07, 6.45) is 8.30. The van der Waals surface area contributed by atoms with Crippen LogP contribution in [0.25, 0.3) is 0 Å². The maximum atomic E-state index is 11.6. The number of amides is 1. The number of hydrazone groups is 1. The Morgan fingerprint density at radius 1 is 1.30 bits per heavy atom. The van der Waals surface area contributed by atoms with Crippen LogP contribution >= 0.6 is 0 Å². The molecule has 1 N–H and O–H groups in total. The molecule has 2 aromatic rings. The Hall–Kier alpha value is -2.69. The molecule has 1 heterocycles. The van der Waals surface area contributed by atoms with Crippen molar-refractivity contribution >= 4 is 12.1 Å². The summed E-state index contributed by atoms with van der Waals surface area (Å²) in [5, 5.41) is 3.86. The van der Waals surface area contributed by atoms with E-state index in [4.69, 9.17) is 4.74 Å². The van der Waals surface area contributed by atoms with Gasteiger partial charge >= 0.3 is 0 Å². The highest BCUT2D eigenvalue weighted by molar-refractivity contribution is 5.82. The quantitative estimate of drug-likeness (QED) is 0.602. The molecule has 23 heavy (non-hydrogen) atoms. The number of nitrogens with zero attached hydrogens (tertiary/aromatic N) is 2. The van der Waals surface area contributed by atoms with E-state index in [9.17, 15) is 4.79 Å². The third-order valence-electron chi connectivity index (χ3n) is 3.20. The van der Waals surface area contributed by atoms with Gasteiger partial charge in [0.1, 0.15) is 5.75 Å². The summed E-state index contributed by atoms with van der Waals surface area (Å²) in [6.45, 7) is 2.10. The monoisotopic (exact) mass is 311 g/mol. The number of hydrogen-bond donors (Lipinski definition) is 1. The van der Waals surface area contributed by atoms with E-state index in [-0.39, 0.29) is 12.5 Å². The molecule has 0 aliphatic rings. The highest BCUT2D eigenvalue weighted by Gasteiger charge is 2.01. The van der Waals surface area contributed by atoms with Crippen molar-refractivity contribution in [3.63, 3.8) is 0 Å². The third-order valence-corrected chi connectivity index (χ3v) is 3.20. The molecule has 1 aromatic carbocycles. The first-order chi connectivity index (χ1) is 11.3. The van der Waals surface area contributed by atoms with E-state index in [2.05, 4.69) is 22.4 Å². The van der Waals surface area contributed by atoms with Crippen molar-refractivity contribution < 1.29 is 9.53 Å². The van der Waals surface area contributed by atoms with Crippen LogP contribution in [0.15, 0.2) is 53.9 Å². The van der Waals surface area contributed by atoms with Gasteiger partial charge in [-0.2, -0.15) is 5.10 Å². The normalized spacial score (nSPS) is 10.7. The number of unbranched alkanes of at least 4 members (excludes halogenated alkanes) is 1. The molecule has 0 spiro atoms. The lowest BCUT2D eigenvalue weighted by atomic mass is 10.1. The highest BCUT2D eigenvalue weighted by atomic mass is 16.5. The average molecular weight is 311 g/mol. The van der Waals surface area contributed by atoms with Gasteiger partial charge in [-0.1, -0.05) is 31.5 Å². The van der Waals surface area contributed by atoms with E-state index in [1.807, 2.05) is 30.3 Å². The fourth-order valence-electron chi connectivity index (χ4n) is 1.95. The molecule has 1 amide bonds. The summed E-state index contributed by atoms with van der Waals surface area (Å²) in [5.74, 6) is 0.372. The summed E-state index contributed by atoms with van der Waals surface area (Å²) in [4.78, 5) is 15.6. The van der Waals surface area contributed by atoms with Crippen LogP contribution in [-0.2, 0) is 11.2 Å². The number of aryl methyl sites for hydroxylation is 1. The zero-order chi connectivity index (χ0) is 16.3. The Kier molecular flexibility index (Phi) is 6.78. The minimum Gasteiger partial charge on any atom is -0.484 e. The Bertz CT molecular complexity index is 624. The van der Waals surface area contributed by atoms with E-state index in [0.29, 0.717) is 5.75 Å². The number of pyridine rings is 1. The Labute approximate surface area is 136 Å². The Balaban J connectivity index is 1.72. The largest absolute Gasteiger partial charge is 0.484 e. The van der Waals surface area contributed by atoms with Crippen molar-refractivity contribution in [2.45, 2.75) is 26.2 Å². The number of carbonyl (C=O) groups excluding carboxylic acids is 1. The number of hydrogen-bond acceptors (Lipinski definition) is 4. The van der Waals surface area contributed by atoms with E-state index in [0.717, 1.165) is 12.0 Å². The molecule has 1 aromatic heterocycles. The molecule has 5 nitrogen and oxygen atoms in total. The molecule has 120 valence electrons. The lowest BCUT2D eigenvalue weighted by Crippen LogP contribution is -2.24. The molecule has 0 bridgehead atoms. The van der Waals surface area contributed by atoms with Gasteiger partial charge < -0.3 is 4.74 Å². The Morgan fingerprint density at radius 2 is 2.13 bits per heavy atom.